The average molecular weight is 370 g/mol. The molecule has 0 fully saturated rings. The topological polar surface area (TPSA) is 38.3 Å². The van der Waals surface area contributed by atoms with Crippen molar-refractivity contribution in [3.63, 3.8) is 0 Å². The summed E-state index contributed by atoms with van der Waals surface area (Å²) >= 11 is 5.37. The van der Waals surface area contributed by atoms with Crippen molar-refractivity contribution in [3.8, 4) is 5.75 Å². The number of ether oxygens (including phenoxy) is 1. The maximum atomic E-state index is 12.1. The van der Waals surface area contributed by atoms with Crippen LogP contribution in [0.2, 0.25) is 0 Å². The zero-order valence-corrected chi connectivity index (χ0v) is 14.6. The molecule has 1 aromatic carbocycles. The van der Waals surface area contributed by atoms with Crippen LogP contribution in [0.15, 0.2) is 28.2 Å². The number of hydrogen-bond donors (Lipinski definition) is 1. The largest absolute Gasteiger partial charge is 0.488 e. The van der Waals surface area contributed by atoms with Crippen molar-refractivity contribution in [3.05, 3.63) is 33.8 Å². The Labute approximate surface area is 138 Å². The first-order valence-corrected chi connectivity index (χ1v) is 9.14. The minimum absolute atomic E-state index is 0.0267. The Morgan fingerprint density at radius 2 is 2.29 bits per heavy atom. The molecule has 21 heavy (non-hydrogen) atoms. The van der Waals surface area contributed by atoms with Gasteiger partial charge < -0.3 is 10.1 Å². The molecule has 0 spiro atoms. The second kappa shape index (κ2) is 8.49. The SMILES string of the molecule is CCCSCCCNC(=O)C1=Cc2cc(Br)ccc2OC1. The fourth-order valence-electron chi connectivity index (χ4n) is 2.02. The summed E-state index contributed by atoms with van der Waals surface area (Å²) in [5, 5.41) is 2.96. The zero-order valence-electron chi connectivity index (χ0n) is 12.2. The summed E-state index contributed by atoms with van der Waals surface area (Å²) in [6.07, 6.45) is 4.12. The number of fused-ring (bicyclic) bond motifs is 1. The van der Waals surface area contributed by atoms with E-state index < -0.39 is 0 Å². The van der Waals surface area contributed by atoms with E-state index in [9.17, 15) is 4.79 Å². The van der Waals surface area contributed by atoms with Crippen LogP contribution in [0.5, 0.6) is 5.75 Å². The molecular formula is C16H20BrNO2S. The smallest absolute Gasteiger partial charge is 0.250 e. The molecule has 0 saturated carbocycles. The first-order chi connectivity index (χ1) is 10.2. The van der Waals surface area contributed by atoms with E-state index in [1.165, 1.54) is 12.2 Å². The molecule has 0 aliphatic carbocycles. The van der Waals surface area contributed by atoms with Crippen LogP contribution in [-0.4, -0.2) is 30.6 Å². The van der Waals surface area contributed by atoms with Gasteiger partial charge in [0.2, 0.25) is 0 Å². The molecule has 5 heteroatoms. The van der Waals surface area contributed by atoms with Crippen molar-refractivity contribution < 1.29 is 9.53 Å². The van der Waals surface area contributed by atoms with Crippen molar-refractivity contribution >= 4 is 39.7 Å². The number of benzene rings is 1. The molecule has 2 rings (SSSR count). The van der Waals surface area contributed by atoms with Gasteiger partial charge in [-0.25, -0.2) is 0 Å². The van der Waals surface area contributed by atoms with Crippen molar-refractivity contribution in [2.24, 2.45) is 0 Å². The highest BCUT2D eigenvalue weighted by Crippen LogP contribution is 2.29. The molecule has 0 radical (unpaired) electrons. The third-order valence-corrected chi connectivity index (χ3v) is 4.84. The van der Waals surface area contributed by atoms with Crippen LogP contribution in [0.1, 0.15) is 25.3 Å². The third-order valence-electron chi connectivity index (χ3n) is 3.08. The molecule has 0 bridgehead atoms. The number of amides is 1. The molecule has 3 nitrogen and oxygen atoms in total. The summed E-state index contributed by atoms with van der Waals surface area (Å²) in [5.74, 6) is 3.09. The lowest BCUT2D eigenvalue weighted by molar-refractivity contribution is -0.117. The van der Waals surface area contributed by atoms with E-state index in [1.54, 1.807) is 0 Å². The quantitative estimate of drug-likeness (QED) is 0.741. The first-order valence-electron chi connectivity index (χ1n) is 7.19. The summed E-state index contributed by atoms with van der Waals surface area (Å²) in [6.45, 7) is 3.24. The molecular weight excluding hydrogens is 350 g/mol. The molecule has 0 saturated heterocycles. The number of halogens is 1. The Morgan fingerprint density at radius 1 is 1.43 bits per heavy atom. The van der Waals surface area contributed by atoms with Crippen molar-refractivity contribution in [1.82, 2.24) is 5.32 Å². The highest BCUT2D eigenvalue weighted by Gasteiger charge is 2.16. The Hall–Kier alpha value is -0.940. The molecule has 1 heterocycles. The van der Waals surface area contributed by atoms with Crippen molar-refractivity contribution in [2.75, 3.05) is 24.7 Å². The Kier molecular flexibility index (Phi) is 6.64. The third kappa shape index (κ3) is 5.08. The van der Waals surface area contributed by atoms with E-state index in [2.05, 4.69) is 28.2 Å². The van der Waals surface area contributed by atoms with Gasteiger partial charge in [0.25, 0.3) is 5.91 Å². The Morgan fingerprint density at radius 3 is 3.10 bits per heavy atom. The van der Waals surface area contributed by atoms with Crippen LogP contribution in [0, 0.1) is 0 Å². The molecule has 0 unspecified atom stereocenters. The molecule has 114 valence electrons. The molecule has 1 N–H and O–H groups in total. The zero-order chi connectivity index (χ0) is 15.1. The molecule has 1 aliphatic rings. The van der Waals surface area contributed by atoms with Crippen molar-refractivity contribution in [2.45, 2.75) is 19.8 Å². The Balaban J connectivity index is 1.83. The highest BCUT2D eigenvalue weighted by atomic mass is 79.9. The predicted octanol–water partition coefficient (Wildman–Crippen LogP) is 3.87. The molecule has 0 aromatic heterocycles. The van der Waals surface area contributed by atoms with Gasteiger partial charge >= 0.3 is 0 Å². The van der Waals surface area contributed by atoms with Gasteiger partial charge in [0.1, 0.15) is 12.4 Å². The van der Waals surface area contributed by atoms with E-state index in [1.807, 2.05) is 36.0 Å². The number of carbonyl (C=O) groups excluding carboxylic acids is 1. The molecule has 1 aliphatic heterocycles. The van der Waals surface area contributed by atoms with Gasteiger partial charge in [-0.2, -0.15) is 11.8 Å². The van der Waals surface area contributed by atoms with E-state index in [0.717, 1.165) is 34.5 Å². The van der Waals surface area contributed by atoms with Gasteiger partial charge in [0, 0.05) is 16.6 Å². The number of hydrogen-bond acceptors (Lipinski definition) is 3. The Bertz CT molecular complexity index is 531. The van der Waals surface area contributed by atoms with E-state index in [0.29, 0.717) is 12.2 Å². The lowest BCUT2D eigenvalue weighted by Gasteiger charge is -2.17. The predicted molar refractivity (Wildman–Crippen MR) is 92.9 cm³/mol. The van der Waals surface area contributed by atoms with Gasteiger partial charge in [-0.3, -0.25) is 4.79 Å². The fourth-order valence-corrected chi connectivity index (χ4v) is 3.24. The second-order valence-corrected chi connectivity index (χ2v) is 7.00. The molecule has 0 atom stereocenters. The van der Waals surface area contributed by atoms with Gasteiger partial charge in [0.05, 0.1) is 5.57 Å². The standard InChI is InChI=1S/C16H20BrNO2S/c1-2-7-21-8-3-6-18-16(19)13-9-12-10-14(17)4-5-15(12)20-11-13/h4-5,9-10H,2-3,6-8,11H2,1H3,(H,18,19). The lowest BCUT2D eigenvalue weighted by atomic mass is 10.1. The van der Waals surface area contributed by atoms with E-state index in [4.69, 9.17) is 4.74 Å². The van der Waals surface area contributed by atoms with Gasteiger partial charge in [0.15, 0.2) is 0 Å². The van der Waals surface area contributed by atoms with E-state index in [-0.39, 0.29) is 5.91 Å². The summed E-state index contributed by atoms with van der Waals surface area (Å²) < 4.78 is 6.60. The second-order valence-electron chi connectivity index (χ2n) is 4.86. The van der Waals surface area contributed by atoms with Crippen LogP contribution in [0.3, 0.4) is 0 Å². The van der Waals surface area contributed by atoms with Gasteiger partial charge in [-0.15, -0.1) is 0 Å². The number of rotatable bonds is 7. The maximum Gasteiger partial charge on any atom is 0.250 e. The minimum Gasteiger partial charge on any atom is -0.488 e. The van der Waals surface area contributed by atoms with Crippen LogP contribution < -0.4 is 10.1 Å². The number of nitrogens with one attached hydrogen (secondary N) is 1. The summed E-state index contributed by atoms with van der Waals surface area (Å²) in [7, 11) is 0. The first kappa shape index (κ1) is 16.4. The summed E-state index contributed by atoms with van der Waals surface area (Å²) in [4.78, 5) is 12.1. The van der Waals surface area contributed by atoms with E-state index >= 15 is 0 Å². The maximum absolute atomic E-state index is 12.1. The molecule has 1 amide bonds. The lowest BCUT2D eigenvalue weighted by Crippen LogP contribution is -2.29. The summed E-state index contributed by atoms with van der Waals surface area (Å²) in [6, 6.07) is 5.81. The van der Waals surface area contributed by atoms with Crippen LogP contribution in [0.4, 0.5) is 0 Å². The van der Waals surface area contributed by atoms with Crippen LogP contribution >= 0.6 is 27.7 Å². The minimum atomic E-state index is -0.0267. The van der Waals surface area contributed by atoms with Crippen molar-refractivity contribution in [1.29, 1.82) is 0 Å². The van der Waals surface area contributed by atoms with Gasteiger partial charge in [-0.05, 0) is 48.6 Å². The van der Waals surface area contributed by atoms with Crippen LogP contribution in [0.25, 0.3) is 6.08 Å². The molecule has 1 aromatic rings. The number of carbonyl (C=O) groups is 1. The fraction of sp³-hybridized carbons (Fsp3) is 0.438. The van der Waals surface area contributed by atoms with Gasteiger partial charge in [-0.1, -0.05) is 22.9 Å². The highest BCUT2D eigenvalue weighted by molar-refractivity contribution is 9.10. The summed E-state index contributed by atoms with van der Waals surface area (Å²) in [5.41, 5.74) is 1.63. The normalized spacial score (nSPS) is 13.1. The number of thioether (sulfide) groups is 1. The monoisotopic (exact) mass is 369 g/mol. The average Bonchev–Trinajstić information content (AvgIpc) is 2.49. The van der Waals surface area contributed by atoms with Crippen LogP contribution in [-0.2, 0) is 4.79 Å².